The molecule has 0 aliphatic rings. The number of nitrogens with zero attached hydrogens (tertiary/aromatic N) is 1. The first-order valence-corrected chi connectivity index (χ1v) is 12.0. The Hall–Kier alpha value is -2.49. The Labute approximate surface area is 229 Å². The molecule has 0 aromatic heterocycles. The van der Waals surface area contributed by atoms with Gasteiger partial charge in [0, 0.05) is 20.6 Å². The lowest BCUT2D eigenvalue weighted by molar-refractivity contribution is -0.136. The predicted molar refractivity (Wildman–Crippen MR) is 142 cm³/mol. The minimum absolute atomic E-state index is 0.114. The second-order valence-corrected chi connectivity index (χ2v) is 9.31. The van der Waals surface area contributed by atoms with Crippen molar-refractivity contribution in [1.82, 2.24) is 5.43 Å². The molecule has 0 spiro atoms. The number of hydrazone groups is 1. The van der Waals surface area contributed by atoms with Crippen LogP contribution >= 0.6 is 62.3 Å². The zero-order valence-corrected chi connectivity index (χ0v) is 22.5. The van der Waals surface area contributed by atoms with Crippen molar-refractivity contribution in [2.24, 2.45) is 5.10 Å². The van der Waals surface area contributed by atoms with Crippen LogP contribution in [0.25, 0.3) is 0 Å². The number of rotatable bonds is 7. The van der Waals surface area contributed by atoms with Gasteiger partial charge in [0.1, 0.15) is 6.61 Å². The van der Waals surface area contributed by atoms with Crippen molar-refractivity contribution in [3.8, 4) is 11.5 Å². The molecule has 0 unspecified atom stereocenters. The summed E-state index contributed by atoms with van der Waals surface area (Å²) in [6.45, 7) is 0.114. The molecule has 2 N–H and O–H groups in total. The summed E-state index contributed by atoms with van der Waals surface area (Å²) < 4.78 is 11.9. The lowest BCUT2D eigenvalue weighted by Crippen LogP contribution is -2.32. The summed E-state index contributed by atoms with van der Waals surface area (Å²) in [5.74, 6) is -1.15. The first kappa shape index (κ1) is 27.1. The van der Waals surface area contributed by atoms with Crippen molar-refractivity contribution < 1.29 is 19.1 Å². The third-order valence-corrected chi connectivity index (χ3v) is 6.30. The number of methoxy groups -OCH3 is 1. The van der Waals surface area contributed by atoms with Crippen molar-refractivity contribution in [3.05, 3.63) is 84.2 Å². The third kappa shape index (κ3) is 7.25. The van der Waals surface area contributed by atoms with E-state index in [4.69, 9.17) is 55.9 Å². The fourth-order valence-electron chi connectivity index (χ4n) is 2.76. The highest BCUT2D eigenvalue weighted by Crippen LogP contribution is 2.38. The molecule has 0 fully saturated rings. The van der Waals surface area contributed by atoms with Gasteiger partial charge in [0.05, 0.1) is 28.5 Å². The Bertz CT molecular complexity index is 1280. The lowest BCUT2D eigenvalue weighted by atomic mass is 10.2. The fourth-order valence-corrected chi connectivity index (χ4v) is 4.18. The number of amides is 2. The van der Waals surface area contributed by atoms with Crippen molar-refractivity contribution in [2.75, 3.05) is 12.4 Å². The van der Waals surface area contributed by atoms with Gasteiger partial charge in [-0.1, -0.05) is 52.5 Å². The summed E-state index contributed by atoms with van der Waals surface area (Å²) in [6, 6.07) is 13.0. The maximum Gasteiger partial charge on any atom is 0.329 e. The second-order valence-electron chi connectivity index (χ2n) is 6.80. The normalized spacial score (nSPS) is 10.8. The summed E-state index contributed by atoms with van der Waals surface area (Å²) >= 11 is 27.7. The van der Waals surface area contributed by atoms with E-state index in [1.165, 1.54) is 25.5 Å². The molecule has 3 rings (SSSR count). The second kappa shape index (κ2) is 12.5. The number of anilines is 1. The number of carbonyl (C=O) groups is 2. The molecular formula is C23H16BrCl4N3O4. The van der Waals surface area contributed by atoms with Crippen LogP contribution in [0.4, 0.5) is 5.69 Å². The lowest BCUT2D eigenvalue weighted by Gasteiger charge is -2.14. The summed E-state index contributed by atoms with van der Waals surface area (Å²) in [5.41, 5.74) is 3.53. The first-order valence-electron chi connectivity index (χ1n) is 9.72. The molecule has 3 aromatic carbocycles. The average Bonchev–Trinajstić information content (AvgIpc) is 2.81. The van der Waals surface area contributed by atoms with Crippen LogP contribution in [-0.2, 0) is 16.2 Å². The highest BCUT2D eigenvalue weighted by atomic mass is 79.9. The summed E-state index contributed by atoms with van der Waals surface area (Å²) in [5, 5.41) is 7.72. The fraction of sp³-hybridized carbons (Fsp3) is 0.0870. The van der Waals surface area contributed by atoms with Crippen molar-refractivity contribution in [2.45, 2.75) is 6.61 Å². The van der Waals surface area contributed by atoms with Crippen LogP contribution in [0.5, 0.6) is 11.5 Å². The number of hydrogen-bond acceptors (Lipinski definition) is 5. The molecule has 0 bridgehead atoms. The molecule has 182 valence electrons. The van der Waals surface area contributed by atoms with E-state index in [0.717, 1.165) is 0 Å². The standard InChI is InChI=1S/C23H16BrCl4N3O4/c1-34-20-8-12(7-15(24)21(20)35-11-14-16(26)3-2-4-17(14)27)10-29-31-23(33)22(32)30-19-9-13(25)5-6-18(19)28/h2-10H,11H2,1H3,(H,30,32)(H,31,33)/b29-10+. The van der Waals surface area contributed by atoms with Gasteiger partial charge in [0.2, 0.25) is 0 Å². The topological polar surface area (TPSA) is 89.0 Å². The van der Waals surface area contributed by atoms with E-state index in [2.05, 4.69) is 31.8 Å². The Morgan fingerprint density at radius 1 is 1.00 bits per heavy atom. The van der Waals surface area contributed by atoms with Gasteiger partial charge in [-0.05, 0) is 64.0 Å². The number of benzene rings is 3. The Kier molecular flexibility index (Phi) is 9.65. The van der Waals surface area contributed by atoms with Crippen molar-refractivity contribution in [1.29, 1.82) is 0 Å². The molecule has 7 nitrogen and oxygen atoms in total. The van der Waals surface area contributed by atoms with Crippen LogP contribution in [0.15, 0.2) is 58.1 Å². The molecule has 0 aliphatic carbocycles. The van der Waals surface area contributed by atoms with Crippen LogP contribution in [0.3, 0.4) is 0 Å². The Balaban J connectivity index is 1.66. The largest absolute Gasteiger partial charge is 0.493 e. The first-order chi connectivity index (χ1) is 16.7. The van der Waals surface area contributed by atoms with E-state index in [0.29, 0.717) is 42.2 Å². The van der Waals surface area contributed by atoms with Gasteiger partial charge >= 0.3 is 11.8 Å². The maximum absolute atomic E-state index is 12.1. The van der Waals surface area contributed by atoms with Gasteiger partial charge in [-0.15, -0.1) is 0 Å². The summed E-state index contributed by atoms with van der Waals surface area (Å²) in [7, 11) is 1.48. The van der Waals surface area contributed by atoms with Crippen LogP contribution in [0.2, 0.25) is 20.1 Å². The quantitative estimate of drug-likeness (QED) is 0.174. The van der Waals surface area contributed by atoms with Gasteiger partial charge in [-0.25, -0.2) is 5.43 Å². The molecule has 35 heavy (non-hydrogen) atoms. The van der Waals surface area contributed by atoms with Crippen molar-refractivity contribution in [3.63, 3.8) is 0 Å². The number of halogens is 5. The van der Waals surface area contributed by atoms with Crippen LogP contribution in [0.1, 0.15) is 11.1 Å². The summed E-state index contributed by atoms with van der Waals surface area (Å²) in [4.78, 5) is 24.2. The van der Waals surface area contributed by atoms with Gasteiger partial charge in [0.15, 0.2) is 11.5 Å². The van der Waals surface area contributed by atoms with Crippen molar-refractivity contribution >= 4 is 86.1 Å². The van der Waals surface area contributed by atoms with Gasteiger partial charge in [-0.2, -0.15) is 5.10 Å². The minimum atomic E-state index is -1.00. The van der Waals surface area contributed by atoms with Gasteiger partial charge < -0.3 is 14.8 Å². The molecule has 0 aliphatic heterocycles. The van der Waals surface area contributed by atoms with Crippen LogP contribution in [-0.4, -0.2) is 25.1 Å². The number of hydrogen-bond donors (Lipinski definition) is 2. The van der Waals surface area contributed by atoms with Gasteiger partial charge in [-0.3, -0.25) is 9.59 Å². The molecule has 0 radical (unpaired) electrons. The smallest absolute Gasteiger partial charge is 0.329 e. The Morgan fingerprint density at radius 2 is 1.71 bits per heavy atom. The molecule has 0 saturated heterocycles. The average molecular weight is 620 g/mol. The van der Waals surface area contributed by atoms with Crippen LogP contribution < -0.4 is 20.2 Å². The minimum Gasteiger partial charge on any atom is -0.493 e. The molecule has 0 heterocycles. The maximum atomic E-state index is 12.1. The third-order valence-electron chi connectivity index (χ3n) is 4.44. The molecule has 0 atom stereocenters. The molecule has 3 aromatic rings. The molecule has 0 saturated carbocycles. The SMILES string of the molecule is COc1cc(/C=N/NC(=O)C(=O)Nc2cc(Cl)ccc2Cl)cc(Br)c1OCc1c(Cl)cccc1Cl. The predicted octanol–water partition coefficient (Wildman–Crippen LogP) is 6.74. The van der Waals surface area contributed by atoms with E-state index in [-0.39, 0.29) is 17.3 Å². The summed E-state index contributed by atoms with van der Waals surface area (Å²) in [6.07, 6.45) is 1.33. The number of carbonyl (C=O) groups excluding carboxylic acids is 2. The molecular weight excluding hydrogens is 604 g/mol. The van der Waals surface area contributed by atoms with E-state index in [1.54, 1.807) is 36.4 Å². The van der Waals surface area contributed by atoms with E-state index >= 15 is 0 Å². The molecule has 2 amide bonds. The zero-order chi connectivity index (χ0) is 25.5. The van der Waals surface area contributed by atoms with E-state index in [9.17, 15) is 9.59 Å². The Morgan fingerprint density at radius 3 is 2.40 bits per heavy atom. The van der Waals surface area contributed by atoms with Gasteiger partial charge in [0.25, 0.3) is 0 Å². The highest BCUT2D eigenvalue weighted by molar-refractivity contribution is 9.10. The van der Waals surface area contributed by atoms with Crippen LogP contribution in [0, 0.1) is 0 Å². The highest BCUT2D eigenvalue weighted by Gasteiger charge is 2.16. The number of ether oxygens (including phenoxy) is 2. The molecule has 12 heteroatoms. The number of nitrogens with one attached hydrogen (secondary N) is 2. The van der Waals surface area contributed by atoms with E-state index in [1.807, 2.05) is 0 Å². The zero-order valence-electron chi connectivity index (χ0n) is 17.9. The monoisotopic (exact) mass is 617 g/mol. The van der Waals surface area contributed by atoms with E-state index < -0.39 is 11.8 Å².